The molecule has 1 aliphatic heterocycles. The maximum atomic E-state index is 5.47. The predicted octanol–water partition coefficient (Wildman–Crippen LogP) is 3.23. The van der Waals surface area contributed by atoms with Crippen LogP contribution in [0.25, 0.3) is 0 Å². The Balaban J connectivity index is 2.33. The van der Waals surface area contributed by atoms with E-state index in [4.69, 9.17) is 4.84 Å². The van der Waals surface area contributed by atoms with E-state index in [1.807, 2.05) is 18.2 Å². The monoisotopic (exact) mass is 203 g/mol. The standard InChI is InChI=1S/C13H17NO/c1-4-11-13(2,3)12(14-15-11)10-8-6-5-7-9-10/h5-9,11H,4H2,1-3H3. The van der Waals surface area contributed by atoms with Crippen molar-refractivity contribution in [2.75, 3.05) is 0 Å². The largest absolute Gasteiger partial charge is 0.391 e. The van der Waals surface area contributed by atoms with Gasteiger partial charge < -0.3 is 4.84 Å². The molecule has 0 spiro atoms. The van der Waals surface area contributed by atoms with E-state index in [2.05, 4.69) is 38.1 Å². The maximum Gasteiger partial charge on any atom is 0.138 e. The van der Waals surface area contributed by atoms with E-state index in [0.29, 0.717) is 0 Å². The summed E-state index contributed by atoms with van der Waals surface area (Å²) < 4.78 is 0. The first kappa shape index (κ1) is 10.2. The summed E-state index contributed by atoms with van der Waals surface area (Å²) >= 11 is 0. The maximum absolute atomic E-state index is 5.47. The van der Waals surface area contributed by atoms with Gasteiger partial charge in [-0.1, -0.05) is 56.3 Å². The second kappa shape index (κ2) is 3.69. The van der Waals surface area contributed by atoms with Crippen LogP contribution in [0.4, 0.5) is 0 Å². The quantitative estimate of drug-likeness (QED) is 0.723. The minimum atomic E-state index is 0.0100. The third kappa shape index (κ3) is 1.65. The summed E-state index contributed by atoms with van der Waals surface area (Å²) in [6.07, 6.45) is 1.19. The summed E-state index contributed by atoms with van der Waals surface area (Å²) in [4.78, 5) is 5.47. The topological polar surface area (TPSA) is 21.6 Å². The van der Waals surface area contributed by atoms with Crippen LogP contribution in [0, 0.1) is 5.41 Å². The molecule has 0 amide bonds. The number of hydrogen-bond donors (Lipinski definition) is 0. The van der Waals surface area contributed by atoms with Crippen molar-refractivity contribution in [2.45, 2.75) is 33.3 Å². The lowest BCUT2D eigenvalue weighted by atomic mass is 9.78. The fraction of sp³-hybridized carbons (Fsp3) is 0.462. The fourth-order valence-corrected chi connectivity index (χ4v) is 2.12. The molecule has 1 aliphatic rings. The molecular formula is C13H17NO. The van der Waals surface area contributed by atoms with Crippen LogP contribution in [0.5, 0.6) is 0 Å². The van der Waals surface area contributed by atoms with E-state index in [1.165, 1.54) is 5.56 Å². The Kier molecular flexibility index (Phi) is 2.51. The van der Waals surface area contributed by atoms with Gasteiger partial charge in [0, 0.05) is 0 Å². The van der Waals surface area contributed by atoms with Gasteiger partial charge in [-0.25, -0.2) is 0 Å². The molecule has 2 heteroatoms. The van der Waals surface area contributed by atoms with Crippen LogP contribution in [-0.2, 0) is 4.84 Å². The van der Waals surface area contributed by atoms with Gasteiger partial charge in [0.2, 0.25) is 0 Å². The van der Waals surface area contributed by atoms with Gasteiger partial charge >= 0.3 is 0 Å². The zero-order valence-corrected chi connectivity index (χ0v) is 9.53. The van der Waals surface area contributed by atoms with Gasteiger partial charge in [0.1, 0.15) is 6.10 Å². The Bertz CT molecular complexity index is 367. The van der Waals surface area contributed by atoms with Crippen molar-refractivity contribution in [3.63, 3.8) is 0 Å². The molecule has 0 radical (unpaired) electrons. The van der Waals surface area contributed by atoms with Crippen LogP contribution in [0.2, 0.25) is 0 Å². The van der Waals surface area contributed by atoms with Crippen molar-refractivity contribution in [2.24, 2.45) is 10.6 Å². The number of oxime groups is 1. The predicted molar refractivity (Wildman–Crippen MR) is 61.9 cm³/mol. The van der Waals surface area contributed by atoms with Crippen molar-refractivity contribution in [1.82, 2.24) is 0 Å². The van der Waals surface area contributed by atoms with Crippen molar-refractivity contribution in [3.05, 3.63) is 35.9 Å². The van der Waals surface area contributed by atoms with E-state index < -0.39 is 0 Å². The highest BCUT2D eigenvalue weighted by Crippen LogP contribution is 2.35. The molecule has 0 aliphatic carbocycles. The van der Waals surface area contributed by atoms with Crippen LogP contribution in [0.3, 0.4) is 0 Å². The SMILES string of the molecule is CCC1ON=C(c2ccccc2)C1(C)C. The Morgan fingerprint density at radius 3 is 2.47 bits per heavy atom. The zero-order chi connectivity index (χ0) is 10.9. The highest BCUT2D eigenvalue weighted by molar-refractivity contribution is 6.05. The Morgan fingerprint density at radius 1 is 1.27 bits per heavy atom. The molecule has 2 rings (SSSR count). The van der Waals surface area contributed by atoms with Crippen molar-refractivity contribution >= 4 is 5.71 Å². The van der Waals surface area contributed by atoms with Crippen LogP contribution in [0.1, 0.15) is 32.8 Å². The molecule has 1 atom stereocenters. The van der Waals surface area contributed by atoms with Crippen molar-refractivity contribution in [1.29, 1.82) is 0 Å². The van der Waals surface area contributed by atoms with E-state index in [1.54, 1.807) is 0 Å². The van der Waals surface area contributed by atoms with E-state index in [9.17, 15) is 0 Å². The Labute approximate surface area is 90.9 Å². The number of rotatable bonds is 2. The zero-order valence-electron chi connectivity index (χ0n) is 9.53. The lowest BCUT2D eigenvalue weighted by molar-refractivity contribution is 0.0341. The summed E-state index contributed by atoms with van der Waals surface area (Å²) in [6, 6.07) is 10.3. The van der Waals surface area contributed by atoms with Crippen molar-refractivity contribution < 1.29 is 4.84 Å². The average molecular weight is 203 g/mol. The average Bonchev–Trinajstić information content (AvgIpc) is 2.54. The second-order valence-corrected chi connectivity index (χ2v) is 4.53. The van der Waals surface area contributed by atoms with Crippen LogP contribution in [0.15, 0.2) is 35.5 Å². The number of benzene rings is 1. The van der Waals surface area contributed by atoms with Gasteiger partial charge in [0.25, 0.3) is 0 Å². The molecule has 80 valence electrons. The first-order chi connectivity index (χ1) is 7.16. The number of hydrogen-bond acceptors (Lipinski definition) is 2. The molecule has 15 heavy (non-hydrogen) atoms. The van der Waals surface area contributed by atoms with Gasteiger partial charge in [0.15, 0.2) is 0 Å². The van der Waals surface area contributed by atoms with Gasteiger partial charge in [-0.3, -0.25) is 0 Å². The van der Waals surface area contributed by atoms with Crippen LogP contribution >= 0.6 is 0 Å². The molecule has 0 bridgehead atoms. The molecule has 1 unspecified atom stereocenters. The molecule has 1 heterocycles. The molecule has 0 aromatic heterocycles. The van der Waals surface area contributed by atoms with Gasteiger partial charge in [-0.2, -0.15) is 0 Å². The molecule has 1 aromatic rings. The Morgan fingerprint density at radius 2 is 1.93 bits per heavy atom. The summed E-state index contributed by atoms with van der Waals surface area (Å²) in [5.41, 5.74) is 2.24. The Hall–Kier alpha value is -1.31. The highest BCUT2D eigenvalue weighted by Gasteiger charge is 2.41. The minimum Gasteiger partial charge on any atom is -0.391 e. The molecule has 1 aromatic carbocycles. The molecule has 0 N–H and O–H groups in total. The first-order valence-corrected chi connectivity index (χ1v) is 5.46. The molecular weight excluding hydrogens is 186 g/mol. The molecule has 2 nitrogen and oxygen atoms in total. The molecule has 0 saturated heterocycles. The van der Waals surface area contributed by atoms with Crippen LogP contribution in [-0.4, -0.2) is 11.8 Å². The van der Waals surface area contributed by atoms with Crippen molar-refractivity contribution in [3.8, 4) is 0 Å². The summed E-state index contributed by atoms with van der Waals surface area (Å²) in [7, 11) is 0. The summed E-state index contributed by atoms with van der Waals surface area (Å²) in [5.74, 6) is 0. The minimum absolute atomic E-state index is 0.0100. The lowest BCUT2D eigenvalue weighted by Crippen LogP contribution is -2.32. The smallest absolute Gasteiger partial charge is 0.138 e. The third-order valence-corrected chi connectivity index (χ3v) is 3.10. The molecule has 0 fully saturated rings. The highest BCUT2D eigenvalue weighted by atomic mass is 16.6. The summed E-state index contributed by atoms with van der Waals surface area (Å²) in [5, 5.41) is 4.23. The number of nitrogens with zero attached hydrogens (tertiary/aromatic N) is 1. The van der Waals surface area contributed by atoms with E-state index in [0.717, 1.165) is 12.1 Å². The van der Waals surface area contributed by atoms with E-state index in [-0.39, 0.29) is 11.5 Å². The van der Waals surface area contributed by atoms with E-state index >= 15 is 0 Å². The first-order valence-electron chi connectivity index (χ1n) is 5.46. The normalized spacial score (nSPS) is 23.4. The summed E-state index contributed by atoms with van der Waals surface area (Å²) in [6.45, 7) is 6.52. The second-order valence-electron chi connectivity index (χ2n) is 4.53. The van der Waals surface area contributed by atoms with Gasteiger partial charge in [-0.05, 0) is 12.0 Å². The van der Waals surface area contributed by atoms with Crippen LogP contribution < -0.4 is 0 Å². The van der Waals surface area contributed by atoms with Gasteiger partial charge in [-0.15, -0.1) is 0 Å². The fourth-order valence-electron chi connectivity index (χ4n) is 2.12. The van der Waals surface area contributed by atoms with Gasteiger partial charge in [0.05, 0.1) is 11.1 Å². The molecule has 0 saturated carbocycles. The lowest BCUT2D eigenvalue weighted by Gasteiger charge is -2.24. The third-order valence-electron chi connectivity index (χ3n) is 3.10.